The van der Waals surface area contributed by atoms with Crippen LogP contribution in [0.25, 0.3) is 0 Å². The highest BCUT2D eigenvalue weighted by atomic mass is 32.2. The van der Waals surface area contributed by atoms with E-state index in [-0.39, 0.29) is 35.4 Å². The van der Waals surface area contributed by atoms with Crippen LogP contribution in [0.5, 0.6) is 5.75 Å². The number of carbonyl (C=O) groups is 1. The van der Waals surface area contributed by atoms with E-state index in [1.165, 1.54) is 25.3 Å². The van der Waals surface area contributed by atoms with E-state index in [1.54, 1.807) is 4.90 Å². The quantitative estimate of drug-likeness (QED) is 0.589. The Labute approximate surface area is 146 Å². The number of piperidine rings is 1. The summed E-state index contributed by atoms with van der Waals surface area (Å²) in [5, 5.41) is 11.0. The summed E-state index contributed by atoms with van der Waals surface area (Å²) in [4.78, 5) is 24.8. The summed E-state index contributed by atoms with van der Waals surface area (Å²) in [7, 11) is -1.89. The van der Waals surface area contributed by atoms with Gasteiger partial charge in [-0.2, -0.15) is 0 Å². The summed E-state index contributed by atoms with van der Waals surface area (Å²) in [5.41, 5.74) is -0.0510. The van der Waals surface area contributed by atoms with Gasteiger partial charge in [-0.3, -0.25) is 14.9 Å². The highest BCUT2D eigenvalue weighted by molar-refractivity contribution is 7.88. The zero-order chi connectivity index (χ0) is 18.6. The van der Waals surface area contributed by atoms with Crippen LogP contribution in [-0.4, -0.2) is 57.1 Å². The average Bonchev–Trinajstić information content (AvgIpc) is 2.58. The molecule has 0 unspecified atom stereocenters. The van der Waals surface area contributed by atoms with Crippen LogP contribution in [0.4, 0.5) is 5.69 Å². The van der Waals surface area contributed by atoms with Gasteiger partial charge in [0.25, 0.3) is 11.6 Å². The Balaban J connectivity index is 2.16. The summed E-state index contributed by atoms with van der Waals surface area (Å²) in [6.45, 7) is 1.15. The standard InChI is InChI=1S/C15H21N3O6S/c1-24-14-6-5-12(18(20)21)8-13(14)15(19)17-7-3-4-11(10-17)9-16-25(2,22)23/h5-6,8,11,16H,3-4,7,9-10H2,1-2H3/t11-/m1/s1. The minimum Gasteiger partial charge on any atom is -0.496 e. The largest absolute Gasteiger partial charge is 0.496 e. The van der Waals surface area contributed by atoms with Gasteiger partial charge in [-0.25, -0.2) is 13.1 Å². The molecular weight excluding hydrogens is 350 g/mol. The van der Waals surface area contributed by atoms with Crippen LogP contribution >= 0.6 is 0 Å². The first kappa shape index (κ1) is 19.1. The van der Waals surface area contributed by atoms with Crippen LogP contribution in [0.3, 0.4) is 0 Å². The minimum absolute atomic E-state index is 0.00267. The molecule has 0 bridgehead atoms. The van der Waals surface area contributed by atoms with Crippen molar-refractivity contribution in [3.63, 3.8) is 0 Å². The molecule has 0 aromatic heterocycles. The molecule has 1 aromatic carbocycles. The number of non-ortho nitro benzene ring substituents is 1. The third-order valence-electron chi connectivity index (χ3n) is 4.06. The Morgan fingerprint density at radius 3 is 2.80 bits per heavy atom. The van der Waals surface area contributed by atoms with Crippen LogP contribution in [0.1, 0.15) is 23.2 Å². The van der Waals surface area contributed by atoms with Gasteiger partial charge in [-0.05, 0) is 24.8 Å². The third kappa shape index (κ3) is 5.13. The second-order valence-electron chi connectivity index (χ2n) is 6.02. The maximum absolute atomic E-state index is 12.8. The first-order chi connectivity index (χ1) is 11.7. The van der Waals surface area contributed by atoms with Crippen molar-refractivity contribution in [1.82, 2.24) is 9.62 Å². The summed E-state index contributed by atoms with van der Waals surface area (Å²) in [6, 6.07) is 3.89. The summed E-state index contributed by atoms with van der Waals surface area (Å²) >= 11 is 0. The van der Waals surface area contributed by atoms with Gasteiger partial charge in [0, 0.05) is 31.8 Å². The molecule has 0 saturated carbocycles. The number of nitro benzene ring substituents is 1. The van der Waals surface area contributed by atoms with Crippen LogP contribution in [0.15, 0.2) is 18.2 Å². The average molecular weight is 371 g/mol. The minimum atomic E-state index is -3.29. The van der Waals surface area contributed by atoms with Gasteiger partial charge in [-0.1, -0.05) is 0 Å². The number of sulfonamides is 1. The van der Waals surface area contributed by atoms with Crippen molar-refractivity contribution in [3.8, 4) is 5.75 Å². The van der Waals surface area contributed by atoms with Crippen LogP contribution in [0.2, 0.25) is 0 Å². The Hall–Kier alpha value is -2.20. The van der Waals surface area contributed by atoms with E-state index in [0.717, 1.165) is 19.1 Å². The number of ether oxygens (including phenoxy) is 1. The second kappa shape index (κ2) is 7.79. The number of amides is 1. The zero-order valence-electron chi connectivity index (χ0n) is 14.1. The van der Waals surface area contributed by atoms with Gasteiger partial charge in [0.1, 0.15) is 5.75 Å². The molecule has 2 rings (SSSR count). The van der Waals surface area contributed by atoms with Crippen molar-refractivity contribution in [2.45, 2.75) is 12.8 Å². The highest BCUT2D eigenvalue weighted by Crippen LogP contribution is 2.27. The van der Waals surface area contributed by atoms with Gasteiger partial charge in [0.15, 0.2) is 0 Å². The predicted octanol–water partition coefficient (Wildman–Crippen LogP) is 1.00. The molecule has 1 atom stereocenters. The molecule has 0 spiro atoms. The number of rotatable bonds is 6. The van der Waals surface area contributed by atoms with Crippen molar-refractivity contribution in [3.05, 3.63) is 33.9 Å². The number of nitrogens with zero attached hydrogens (tertiary/aromatic N) is 2. The van der Waals surface area contributed by atoms with Crippen molar-refractivity contribution in [2.75, 3.05) is 33.0 Å². The van der Waals surface area contributed by atoms with Crippen molar-refractivity contribution in [2.24, 2.45) is 5.92 Å². The fourth-order valence-electron chi connectivity index (χ4n) is 2.83. The first-order valence-corrected chi connectivity index (χ1v) is 9.66. The molecular formula is C15H21N3O6S. The van der Waals surface area contributed by atoms with E-state index < -0.39 is 14.9 Å². The SMILES string of the molecule is COc1ccc([N+](=O)[O-])cc1C(=O)N1CCC[C@H](CNS(C)(=O)=O)C1. The Bertz CT molecular complexity index is 765. The monoisotopic (exact) mass is 371 g/mol. The number of carbonyl (C=O) groups excluding carboxylic acids is 1. The normalized spacial score (nSPS) is 18.0. The molecule has 0 aliphatic carbocycles. The number of hydrogen-bond acceptors (Lipinski definition) is 6. The lowest BCUT2D eigenvalue weighted by Crippen LogP contribution is -2.43. The lowest BCUT2D eigenvalue weighted by molar-refractivity contribution is -0.384. The van der Waals surface area contributed by atoms with Crippen LogP contribution in [0, 0.1) is 16.0 Å². The van der Waals surface area contributed by atoms with Gasteiger partial charge < -0.3 is 9.64 Å². The maximum Gasteiger partial charge on any atom is 0.270 e. The third-order valence-corrected chi connectivity index (χ3v) is 4.76. The van der Waals surface area contributed by atoms with E-state index in [9.17, 15) is 23.3 Å². The number of likely N-dealkylation sites (tertiary alicyclic amines) is 1. The topological polar surface area (TPSA) is 119 Å². The molecule has 1 fully saturated rings. The molecule has 1 N–H and O–H groups in total. The Morgan fingerprint density at radius 1 is 1.48 bits per heavy atom. The maximum atomic E-state index is 12.8. The number of nitrogens with one attached hydrogen (secondary N) is 1. The van der Waals surface area contributed by atoms with E-state index in [4.69, 9.17) is 4.74 Å². The van der Waals surface area contributed by atoms with Gasteiger partial charge in [-0.15, -0.1) is 0 Å². The molecule has 1 aliphatic rings. The molecule has 9 nitrogen and oxygen atoms in total. The molecule has 0 radical (unpaired) electrons. The van der Waals surface area contributed by atoms with Gasteiger partial charge >= 0.3 is 0 Å². The van der Waals surface area contributed by atoms with Crippen molar-refractivity contribution < 1.29 is 22.9 Å². The van der Waals surface area contributed by atoms with E-state index >= 15 is 0 Å². The van der Waals surface area contributed by atoms with Crippen LogP contribution in [-0.2, 0) is 10.0 Å². The fraction of sp³-hybridized carbons (Fsp3) is 0.533. The Kier molecular flexibility index (Phi) is 5.96. The van der Waals surface area contributed by atoms with E-state index in [0.29, 0.717) is 13.1 Å². The summed E-state index contributed by atoms with van der Waals surface area (Å²) < 4.78 is 30.1. The van der Waals surface area contributed by atoms with Gasteiger partial charge in [0.05, 0.1) is 23.9 Å². The molecule has 1 aromatic rings. The number of benzene rings is 1. The number of methoxy groups -OCH3 is 1. The summed E-state index contributed by atoms with van der Waals surface area (Å²) in [6.07, 6.45) is 2.63. The van der Waals surface area contributed by atoms with Crippen LogP contribution < -0.4 is 9.46 Å². The van der Waals surface area contributed by atoms with E-state index in [1.807, 2.05) is 0 Å². The highest BCUT2D eigenvalue weighted by Gasteiger charge is 2.28. The van der Waals surface area contributed by atoms with E-state index in [2.05, 4.69) is 4.72 Å². The lowest BCUT2D eigenvalue weighted by atomic mass is 9.97. The summed E-state index contributed by atoms with van der Waals surface area (Å²) in [5.74, 6) is -0.0892. The number of hydrogen-bond donors (Lipinski definition) is 1. The predicted molar refractivity (Wildman–Crippen MR) is 91.1 cm³/mol. The molecule has 25 heavy (non-hydrogen) atoms. The first-order valence-electron chi connectivity index (χ1n) is 7.77. The van der Waals surface area contributed by atoms with Gasteiger partial charge in [0.2, 0.25) is 10.0 Å². The zero-order valence-corrected chi connectivity index (χ0v) is 14.9. The molecule has 1 aliphatic heterocycles. The lowest BCUT2D eigenvalue weighted by Gasteiger charge is -2.33. The number of nitro groups is 1. The molecule has 138 valence electrons. The molecule has 1 heterocycles. The molecule has 1 saturated heterocycles. The second-order valence-corrected chi connectivity index (χ2v) is 7.85. The molecule has 10 heteroatoms. The van der Waals surface area contributed by atoms with Crippen molar-refractivity contribution in [1.29, 1.82) is 0 Å². The molecule has 1 amide bonds. The Morgan fingerprint density at radius 2 is 2.20 bits per heavy atom. The fourth-order valence-corrected chi connectivity index (χ4v) is 3.37. The van der Waals surface area contributed by atoms with Crippen molar-refractivity contribution >= 4 is 21.6 Å². The smallest absolute Gasteiger partial charge is 0.270 e.